The van der Waals surface area contributed by atoms with Crippen LogP contribution in [0.4, 0.5) is 5.69 Å². The number of aromatic nitrogens is 3. The van der Waals surface area contributed by atoms with Crippen molar-refractivity contribution in [2.75, 3.05) is 5.32 Å². The first-order chi connectivity index (χ1) is 15.6. The van der Waals surface area contributed by atoms with E-state index in [9.17, 15) is 10.1 Å². The summed E-state index contributed by atoms with van der Waals surface area (Å²) in [5.41, 5.74) is 4.19. The fourth-order valence-electron chi connectivity index (χ4n) is 3.18. The molecule has 2 aromatic carbocycles. The molecule has 0 bridgehead atoms. The molecule has 0 atom stereocenters. The summed E-state index contributed by atoms with van der Waals surface area (Å²) >= 11 is 6.14. The molecule has 2 heterocycles. The third-order valence-corrected chi connectivity index (χ3v) is 5.31. The fourth-order valence-corrected chi connectivity index (χ4v) is 3.35. The minimum Gasteiger partial charge on any atom is -0.321 e. The molecule has 0 radical (unpaired) electrons. The van der Waals surface area contributed by atoms with Crippen LogP contribution in [0.3, 0.4) is 0 Å². The molecule has 1 amide bonds. The minimum absolute atomic E-state index is 0.0488. The van der Waals surface area contributed by atoms with Crippen molar-refractivity contribution in [3.63, 3.8) is 0 Å². The van der Waals surface area contributed by atoms with Crippen molar-refractivity contribution >= 4 is 29.3 Å². The van der Waals surface area contributed by atoms with Crippen molar-refractivity contribution in [3.8, 4) is 23.0 Å². The number of halogens is 1. The molecule has 0 fully saturated rings. The molecule has 1 N–H and O–H groups in total. The van der Waals surface area contributed by atoms with Crippen LogP contribution in [0.1, 0.15) is 11.1 Å². The van der Waals surface area contributed by atoms with Crippen molar-refractivity contribution < 1.29 is 4.79 Å². The number of amides is 1. The number of anilines is 1. The molecule has 32 heavy (non-hydrogen) atoms. The standard InChI is InChI=1S/C25H18ClN5O/c1-17-22(26)8-5-9-23(17)29-25(32)19(15-27)14-20-16-31(21-6-3-2-4-7-21)30-24(20)18-10-12-28-13-11-18/h2-14,16H,1H3,(H,29,32)/b19-14+. The Hall–Kier alpha value is -4.21. The lowest BCUT2D eigenvalue weighted by Crippen LogP contribution is -2.14. The van der Waals surface area contributed by atoms with Crippen LogP contribution in [0.15, 0.2) is 84.8 Å². The van der Waals surface area contributed by atoms with Crippen molar-refractivity contribution in [3.05, 3.63) is 101 Å². The number of nitrogens with one attached hydrogen (secondary N) is 1. The van der Waals surface area contributed by atoms with Gasteiger partial charge in [0.15, 0.2) is 0 Å². The van der Waals surface area contributed by atoms with Gasteiger partial charge in [-0.15, -0.1) is 0 Å². The van der Waals surface area contributed by atoms with Crippen molar-refractivity contribution in [1.82, 2.24) is 14.8 Å². The van der Waals surface area contributed by atoms with E-state index < -0.39 is 5.91 Å². The molecule has 4 aromatic rings. The Bertz CT molecular complexity index is 1340. The van der Waals surface area contributed by atoms with Crippen LogP contribution in [0, 0.1) is 18.3 Å². The summed E-state index contributed by atoms with van der Waals surface area (Å²) in [7, 11) is 0. The average molecular weight is 440 g/mol. The number of para-hydroxylation sites is 1. The highest BCUT2D eigenvalue weighted by molar-refractivity contribution is 6.31. The molecule has 0 aliphatic rings. The number of carbonyl (C=O) groups excluding carboxylic acids is 1. The molecule has 2 aromatic heterocycles. The third kappa shape index (κ3) is 4.43. The summed E-state index contributed by atoms with van der Waals surface area (Å²) < 4.78 is 1.72. The van der Waals surface area contributed by atoms with Crippen LogP contribution < -0.4 is 5.32 Å². The maximum absolute atomic E-state index is 12.9. The van der Waals surface area contributed by atoms with E-state index in [1.54, 1.807) is 48.4 Å². The predicted molar refractivity (Wildman–Crippen MR) is 125 cm³/mol. The molecule has 0 spiro atoms. The number of carbonyl (C=O) groups is 1. The van der Waals surface area contributed by atoms with Gasteiger partial charge in [0.1, 0.15) is 17.3 Å². The van der Waals surface area contributed by atoms with Crippen molar-refractivity contribution in [1.29, 1.82) is 5.26 Å². The summed E-state index contributed by atoms with van der Waals surface area (Å²) in [6, 6.07) is 20.5. The maximum atomic E-state index is 12.9. The Morgan fingerprint density at radius 1 is 1.09 bits per heavy atom. The summed E-state index contributed by atoms with van der Waals surface area (Å²) in [5.74, 6) is -0.522. The monoisotopic (exact) mass is 439 g/mol. The second-order valence-corrected chi connectivity index (χ2v) is 7.39. The number of rotatable bonds is 5. The number of hydrogen-bond acceptors (Lipinski definition) is 4. The number of nitriles is 1. The smallest absolute Gasteiger partial charge is 0.266 e. The molecule has 156 valence electrons. The van der Waals surface area contributed by atoms with Crippen molar-refractivity contribution in [2.45, 2.75) is 6.92 Å². The number of hydrogen-bond donors (Lipinski definition) is 1. The summed E-state index contributed by atoms with van der Waals surface area (Å²) in [5, 5.41) is 17.7. The second kappa shape index (κ2) is 9.29. The van der Waals surface area contributed by atoms with Gasteiger partial charge in [0.2, 0.25) is 0 Å². The van der Waals surface area contributed by atoms with Gasteiger partial charge in [-0.25, -0.2) is 4.68 Å². The molecule has 0 unspecified atom stereocenters. The largest absolute Gasteiger partial charge is 0.321 e. The zero-order valence-corrected chi connectivity index (χ0v) is 17.9. The van der Waals surface area contributed by atoms with E-state index in [0.717, 1.165) is 16.8 Å². The zero-order valence-electron chi connectivity index (χ0n) is 17.2. The lowest BCUT2D eigenvalue weighted by molar-refractivity contribution is -0.112. The lowest BCUT2D eigenvalue weighted by Gasteiger charge is -2.08. The fraction of sp³-hybridized carbons (Fsp3) is 0.0400. The number of pyridine rings is 1. The Morgan fingerprint density at radius 3 is 2.56 bits per heavy atom. The van der Waals surface area contributed by atoms with E-state index >= 15 is 0 Å². The molecule has 0 saturated heterocycles. The highest BCUT2D eigenvalue weighted by Gasteiger charge is 2.16. The van der Waals surface area contributed by atoms with Gasteiger partial charge < -0.3 is 5.32 Å². The quantitative estimate of drug-likeness (QED) is 0.331. The first-order valence-electron chi connectivity index (χ1n) is 9.80. The lowest BCUT2D eigenvalue weighted by atomic mass is 10.1. The van der Waals surface area contributed by atoms with Crippen LogP contribution in [0.5, 0.6) is 0 Å². The predicted octanol–water partition coefficient (Wildman–Crippen LogP) is 5.44. The molecular weight excluding hydrogens is 422 g/mol. The SMILES string of the molecule is Cc1c(Cl)cccc1NC(=O)/C(C#N)=C/c1cn(-c2ccccc2)nc1-c1ccncc1. The van der Waals surface area contributed by atoms with Crippen LogP contribution >= 0.6 is 11.6 Å². The normalized spacial score (nSPS) is 11.1. The molecule has 0 aliphatic carbocycles. The van der Waals surface area contributed by atoms with E-state index in [-0.39, 0.29) is 5.57 Å². The average Bonchev–Trinajstić information content (AvgIpc) is 3.25. The maximum Gasteiger partial charge on any atom is 0.266 e. The van der Waals surface area contributed by atoms with Crippen LogP contribution in [-0.4, -0.2) is 20.7 Å². The zero-order chi connectivity index (χ0) is 22.5. The van der Waals surface area contributed by atoms with E-state index in [4.69, 9.17) is 16.7 Å². The molecule has 6 nitrogen and oxygen atoms in total. The first-order valence-corrected chi connectivity index (χ1v) is 10.2. The van der Waals surface area contributed by atoms with Gasteiger partial charge >= 0.3 is 0 Å². The van der Waals surface area contributed by atoms with Gasteiger partial charge in [-0.1, -0.05) is 35.9 Å². The molecule has 7 heteroatoms. The number of nitrogens with zero attached hydrogens (tertiary/aromatic N) is 4. The summed E-state index contributed by atoms with van der Waals surface area (Å²) in [6.45, 7) is 1.80. The Labute approximate surface area is 190 Å². The summed E-state index contributed by atoms with van der Waals surface area (Å²) in [4.78, 5) is 16.9. The second-order valence-electron chi connectivity index (χ2n) is 6.99. The first kappa shape index (κ1) is 21.0. The van der Waals surface area contributed by atoms with E-state index in [2.05, 4.69) is 10.3 Å². The molecule has 0 aliphatic heterocycles. The van der Waals surface area contributed by atoms with E-state index in [0.29, 0.717) is 22.0 Å². The van der Waals surface area contributed by atoms with Gasteiger partial charge in [-0.2, -0.15) is 10.4 Å². The van der Waals surface area contributed by atoms with Gasteiger partial charge in [-0.05, 0) is 55.0 Å². The Balaban J connectivity index is 1.75. The van der Waals surface area contributed by atoms with Crippen LogP contribution in [0.2, 0.25) is 5.02 Å². The van der Waals surface area contributed by atoms with E-state index in [1.165, 1.54) is 6.08 Å². The van der Waals surface area contributed by atoms with Gasteiger partial charge in [-0.3, -0.25) is 9.78 Å². The van der Waals surface area contributed by atoms with Gasteiger partial charge in [0.25, 0.3) is 5.91 Å². The van der Waals surface area contributed by atoms with Gasteiger partial charge in [0.05, 0.1) is 5.69 Å². The van der Waals surface area contributed by atoms with Crippen molar-refractivity contribution in [2.24, 2.45) is 0 Å². The molecule has 4 rings (SSSR count). The molecular formula is C25H18ClN5O. The third-order valence-electron chi connectivity index (χ3n) is 4.90. The Morgan fingerprint density at radius 2 is 1.84 bits per heavy atom. The van der Waals surface area contributed by atoms with Gasteiger partial charge in [0, 0.05) is 40.4 Å². The topological polar surface area (TPSA) is 83.6 Å². The molecule has 0 saturated carbocycles. The number of benzene rings is 2. The highest BCUT2D eigenvalue weighted by Crippen LogP contribution is 2.27. The minimum atomic E-state index is -0.522. The highest BCUT2D eigenvalue weighted by atomic mass is 35.5. The van der Waals surface area contributed by atoms with Crippen LogP contribution in [-0.2, 0) is 4.79 Å². The summed E-state index contributed by atoms with van der Waals surface area (Å²) in [6.07, 6.45) is 6.67. The van der Waals surface area contributed by atoms with Crippen LogP contribution in [0.25, 0.3) is 23.0 Å². The Kier molecular flexibility index (Phi) is 6.11. The van der Waals surface area contributed by atoms with E-state index in [1.807, 2.05) is 48.5 Å².